The van der Waals surface area contributed by atoms with Gasteiger partial charge >= 0.3 is 0 Å². The van der Waals surface area contributed by atoms with E-state index in [1.165, 1.54) is 0 Å². The molecule has 0 unspecified atom stereocenters. The highest BCUT2D eigenvalue weighted by Gasteiger charge is 2.12. The predicted octanol–water partition coefficient (Wildman–Crippen LogP) is 2.81. The second kappa shape index (κ2) is 5.11. The summed E-state index contributed by atoms with van der Waals surface area (Å²) in [5.41, 5.74) is 3.11. The fourth-order valence-corrected chi connectivity index (χ4v) is 2.84. The lowest BCUT2D eigenvalue weighted by atomic mass is 10.3. The first kappa shape index (κ1) is 12.3. The van der Waals surface area contributed by atoms with Crippen LogP contribution in [0.15, 0.2) is 29.6 Å². The number of thiazole rings is 1. The van der Waals surface area contributed by atoms with Gasteiger partial charge in [0, 0.05) is 19.0 Å². The van der Waals surface area contributed by atoms with Gasteiger partial charge in [0.25, 0.3) is 0 Å². The average molecular weight is 272 g/mol. The summed E-state index contributed by atoms with van der Waals surface area (Å²) >= 11 is 1.68. The van der Waals surface area contributed by atoms with Gasteiger partial charge in [-0.2, -0.15) is 0 Å². The van der Waals surface area contributed by atoms with E-state index in [0.29, 0.717) is 0 Å². The molecule has 3 rings (SSSR count). The molecule has 0 aliphatic carbocycles. The standard InChI is InChI=1S/C14H16N4S/c1-3-15-8-13-16-11(9-19-13)14-17-10-6-4-5-7-12(10)18(14)2/h4-7,9,15H,3,8H2,1-2H3. The Labute approximate surface area is 116 Å². The molecule has 0 aliphatic heterocycles. The maximum Gasteiger partial charge on any atom is 0.160 e. The molecule has 0 bridgehead atoms. The van der Waals surface area contributed by atoms with Crippen molar-refractivity contribution in [1.29, 1.82) is 0 Å². The van der Waals surface area contributed by atoms with E-state index >= 15 is 0 Å². The predicted molar refractivity (Wildman–Crippen MR) is 79.2 cm³/mol. The van der Waals surface area contributed by atoms with Crippen LogP contribution >= 0.6 is 11.3 Å². The average Bonchev–Trinajstić information content (AvgIpc) is 3.02. The van der Waals surface area contributed by atoms with Crippen LogP contribution in [0.5, 0.6) is 0 Å². The van der Waals surface area contributed by atoms with E-state index in [1.807, 2.05) is 25.2 Å². The number of nitrogens with one attached hydrogen (secondary N) is 1. The second-order valence-corrected chi connectivity index (χ2v) is 5.33. The normalized spacial score (nSPS) is 11.3. The molecule has 1 N–H and O–H groups in total. The molecular weight excluding hydrogens is 256 g/mol. The summed E-state index contributed by atoms with van der Waals surface area (Å²) < 4.78 is 2.10. The quantitative estimate of drug-likeness (QED) is 0.794. The van der Waals surface area contributed by atoms with Gasteiger partial charge in [-0.25, -0.2) is 9.97 Å². The molecule has 0 radical (unpaired) electrons. The molecule has 0 fully saturated rings. The molecule has 0 amide bonds. The Balaban J connectivity index is 1.99. The smallest absolute Gasteiger partial charge is 0.160 e. The number of benzene rings is 1. The number of rotatable bonds is 4. The second-order valence-electron chi connectivity index (χ2n) is 4.39. The minimum atomic E-state index is 0.825. The number of aryl methyl sites for hydroxylation is 1. The van der Waals surface area contributed by atoms with Crippen molar-refractivity contribution in [3.63, 3.8) is 0 Å². The van der Waals surface area contributed by atoms with Crippen molar-refractivity contribution in [2.24, 2.45) is 7.05 Å². The number of imidazole rings is 1. The summed E-state index contributed by atoms with van der Waals surface area (Å²) in [4.78, 5) is 9.31. The highest BCUT2D eigenvalue weighted by Crippen LogP contribution is 2.24. The van der Waals surface area contributed by atoms with Crippen LogP contribution in [0.4, 0.5) is 0 Å². The van der Waals surface area contributed by atoms with E-state index in [4.69, 9.17) is 0 Å². The van der Waals surface area contributed by atoms with Crippen molar-refractivity contribution in [3.8, 4) is 11.5 Å². The van der Waals surface area contributed by atoms with Gasteiger partial charge < -0.3 is 9.88 Å². The summed E-state index contributed by atoms with van der Waals surface area (Å²) in [6, 6.07) is 8.16. The van der Waals surface area contributed by atoms with E-state index in [2.05, 4.69) is 38.2 Å². The van der Waals surface area contributed by atoms with Gasteiger partial charge in [-0.1, -0.05) is 19.1 Å². The van der Waals surface area contributed by atoms with Crippen LogP contribution in [0.3, 0.4) is 0 Å². The number of fused-ring (bicyclic) bond motifs is 1. The molecule has 0 atom stereocenters. The van der Waals surface area contributed by atoms with Gasteiger partial charge in [0.1, 0.15) is 10.7 Å². The molecule has 0 aliphatic rings. The molecule has 19 heavy (non-hydrogen) atoms. The van der Waals surface area contributed by atoms with Crippen molar-refractivity contribution in [2.75, 3.05) is 6.54 Å². The first-order chi connectivity index (χ1) is 9.29. The van der Waals surface area contributed by atoms with E-state index in [1.54, 1.807) is 11.3 Å². The number of hydrogen-bond acceptors (Lipinski definition) is 4. The Morgan fingerprint density at radius 3 is 2.89 bits per heavy atom. The minimum absolute atomic E-state index is 0.825. The summed E-state index contributed by atoms with van der Waals surface area (Å²) in [6.45, 7) is 3.88. The fraction of sp³-hybridized carbons (Fsp3) is 0.286. The van der Waals surface area contributed by atoms with Gasteiger partial charge in [0.2, 0.25) is 0 Å². The van der Waals surface area contributed by atoms with Crippen LogP contribution in [0, 0.1) is 0 Å². The highest BCUT2D eigenvalue weighted by molar-refractivity contribution is 7.09. The zero-order valence-electron chi connectivity index (χ0n) is 11.1. The third-order valence-electron chi connectivity index (χ3n) is 3.09. The van der Waals surface area contributed by atoms with Crippen LogP contribution in [-0.4, -0.2) is 21.1 Å². The Bertz CT molecular complexity index is 698. The molecule has 0 saturated carbocycles. The Morgan fingerprint density at radius 1 is 1.26 bits per heavy atom. The minimum Gasteiger partial charge on any atom is -0.326 e. The number of nitrogens with zero attached hydrogens (tertiary/aromatic N) is 3. The van der Waals surface area contributed by atoms with Crippen molar-refractivity contribution in [2.45, 2.75) is 13.5 Å². The number of para-hydroxylation sites is 2. The molecule has 0 spiro atoms. The maximum atomic E-state index is 4.66. The van der Waals surface area contributed by atoms with E-state index in [9.17, 15) is 0 Å². The van der Waals surface area contributed by atoms with Crippen molar-refractivity contribution in [1.82, 2.24) is 19.9 Å². The fourth-order valence-electron chi connectivity index (χ4n) is 2.10. The monoisotopic (exact) mass is 272 g/mol. The lowest BCUT2D eigenvalue weighted by Crippen LogP contribution is -2.11. The van der Waals surface area contributed by atoms with Crippen LogP contribution in [-0.2, 0) is 13.6 Å². The van der Waals surface area contributed by atoms with E-state index < -0.39 is 0 Å². The Morgan fingerprint density at radius 2 is 2.11 bits per heavy atom. The van der Waals surface area contributed by atoms with Crippen LogP contribution in [0.25, 0.3) is 22.6 Å². The molecule has 4 nitrogen and oxygen atoms in total. The van der Waals surface area contributed by atoms with Gasteiger partial charge in [-0.3, -0.25) is 0 Å². The molecule has 2 heterocycles. The lowest BCUT2D eigenvalue weighted by molar-refractivity contribution is 0.722. The van der Waals surface area contributed by atoms with Crippen molar-refractivity contribution in [3.05, 3.63) is 34.7 Å². The van der Waals surface area contributed by atoms with Gasteiger partial charge in [-0.05, 0) is 18.7 Å². The summed E-state index contributed by atoms with van der Waals surface area (Å²) in [5, 5.41) is 6.47. The van der Waals surface area contributed by atoms with Crippen molar-refractivity contribution < 1.29 is 0 Å². The third-order valence-corrected chi connectivity index (χ3v) is 3.94. The Hall–Kier alpha value is -1.72. The Kier molecular flexibility index (Phi) is 3.31. The van der Waals surface area contributed by atoms with E-state index in [0.717, 1.165) is 40.6 Å². The topological polar surface area (TPSA) is 42.7 Å². The third kappa shape index (κ3) is 2.27. The maximum absolute atomic E-state index is 4.66. The summed E-state index contributed by atoms with van der Waals surface area (Å²) in [5.74, 6) is 0.931. The SMILES string of the molecule is CCNCc1nc(-c2nc3ccccc3n2C)cs1. The van der Waals surface area contributed by atoms with Crippen LogP contribution in [0.2, 0.25) is 0 Å². The van der Waals surface area contributed by atoms with Gasteiger partial charge in [0.15, 0.2) is 5.82 Å². The zero-order chi connectivity index (χ0) is 13.2. The first-order valence-electron chi connectivity index (χ1n) is 6.36. The largest absolute Gasteiger partial charge is 0.326 e. The highest BCUT2D eigenvalue weighted by atomic mass is 32.1. The number of hydrogen-bond donors (Lipinski definition) is 1. The molecule has 5 heteroatoms. The first-order valence-corrected chi connectivity index (χ1v) is 7.24. The van der Waals surface area contributed by atoms with Crippen LogP contribution in [0.1, 0.15) is 11.9 Å². The van der Waals surface area contributed by atoms with Gasteiger partial charge in [-0.15, -0.1) is 11.3 Å². The van der Waals surface area contributed by atoms with Gasteiger partial charge in [0.05, 0.1) is 11.0 Å². The molecule has 1 aromatic carbocycles. The lowest BCUT2D eigenvalue weighted by Gasteiger charge is -1.98. The molecule has 3 aromatic rings. The molecule has 0 saturated heterocycles. The van der Waals surface area contributed by atoms with E-state index in [-0.39, 0.29) is 0 Å². The molecule has 2 aromatic heterocycles. The molecular formula is C14H16N4S. The number of aromatic nitrogens is 3. The van der Waals surface area contributed by atoms with Crippen molar-refractivity contribution >= 4 is 22.4 Å². The zero-order valence-corrected chi connectivity index (χ0v) is 11.9. The summed E-state index contributed by atoms with van der Waals surface area (Å²) in [6.07, 6.45) is 0. The van der Waals surface area contributed by atoms with Crippen LogP contribution < -0.4 is 5.32 Å². The molecule has 98 valence electrons. The summed E-state index contributed by atoms with van der Waals surface area (Å²) in [7, 11) is 2.04.